The Balaban J connectivity index is 0. The fourth-order valence-electron chi connectivity index (χ4n) is 1.24. The molecule has 0 rings (SSSR count). The smallest absolute Gasteiger partial charge is 0.220 e. The van der Waals surface area contributed by atoms with Crippen molar-refractivity contribution in [2.45, 2.75) is 37.4 Å². The number of aliphatic hydroxyl groups is 1. The third-order valence-electron chi connectivity index (χ3n) is 2.09. The van der Waals surface area contributed by atoms with E-state index in [-0.39, 0.29) is 32.0 Å². The van der Waals surface area contributed by atoms with Crippen LogP contribution in [0.1, 0.15) is 32.1 Å². The zero-order valence-electron chi connectivity index (χ0n) is 9.69. The van der Waals surface area contributed by atoms with E-state index >= 15 is 0 Å². The molecule has 0 heterocycles. The van der Waals surface area contributed by atoms with Gasteiger partial charge in [0.05, 0.1) is 6.61 Å². The topological polar surface area (TPSA) is 49.3 Å². The predicted octanol–water partition coefficient (Wildman–Crippen LogP) is 1.27. The minimum Gasteiger partial charge on any atom is -0.395 e. The number of rotatable bonds is 9. The van der Waals surface area contributed by atoms with Crippen molar-refractivity contribution in [3.63, 3.8) is 0 Å². The van der Waals surface area contributed by atoms with Crippen LogP contribution in [0.3, 0.4) is 0 Å². The van der Waals surface area contributed by atoms with E-state index in [1.165, 1.54) is 0 Å². The second-order valence-electron chi connectivity index (χ2n) is 3.49. The molecule has 0 saturated carbocycles. The van der Waals surface area contributed by atoms with E-state index in [4.69, 9.17) is 5.11 Å². The van der Waals surface area contributed by atoms with E-state index < -0.39 is 0 Å². The van der Waals surface area contributed by atoms with Gasteiger partial charge in [-0.15, -0.1) is 0 Å². The Hall–Kier alpha value is 0.753. The molecule has 0 aliphatic rings. The summed E-state index contributed by atoms with van der Waals surface area (Å²) in [7, 11) is 0. The molecule has 3 nitrogen and oxygen atoms in total. The molecule has 16 heavy (non-hydrogen) atoms. The molecule has 0 fully saturated rings. The number of nitrogens with one attached hydrogen (secondary N) is 1. The fraction of sp³-hybridized carbons (Fsp3) is 0.900. The summed E-state index contributed by atoms with van der Waals surface area (Å²) in [5.74, 6) is 0.888. The molecule has 0 aromatic heterocycles. The first-order valence-corrected chi connectivity index (χ1v) is 6.52. The van der Waals surface area contributed by atoms with Gasteiger partial charge in [0.2, 0.25) is 5.91 Å². The first kappa shape index (κ1) is 19.1. The third-order valence-corrected chi connectivity index (χ3v) is 2.86. The van der Waals surface area contributed by atoms with Gasteiger partial charge >= 0.3 is 0 Å². The summed E-state index contributed by atoms with van der Waals surface area (Å²) < 4.78 is 0. The maximum Gasteiger partial charge on any atom is 0.220 e. The molecule has 0 aliphatic heterocycles. The van der Waals surface area contributed by atoms with Crippen molar-refractivity contribution in [3.05, 3.63) is 0 Å². The maximum absolute atomic E-state index is 11.1. The second-order valence-corrected chi connectivity index (χ2v) is 4.66. The largest absolute Gasteiger partial charge is 0.395 e. The van der Waals surface area contributed by atoms with Crippen LogP contribution in [0.2, 0.25) is 0 Å². The van der Waals surface area contributed by atoms with Crippen molar-refractivity contribution >= 4 is 31.2 Å². The van der Waals surface area contributed by atoms with Gasteiger partial charge in [-0.05, 0) is 25.0 Å². The van der Waals surface area contributed by atoms with Crippen molar-refractivity contribution < 1.29 is 29.4 Å². The minimum absolute atomic E-state index is 0. The molecule has 0 saturated heterocycles. The average molecular weight is 317 g/mol. The van der Waals surface area contributed by atoms with Gasteiger partial charge in [0.15, 0.2) is 0 Å². The number of unbranched alkanes of at least 4 members (excludes halogenated alkanes) is 1. The second kappa shape index (κ2) is 13.8. The number of amides is 1. The summed E-state index contributed by atoms with van der Waals surface area (Å²) in [6.45, 7) is 0.361. The van der Waals surface area contributed by atoms with Crippen LogP contribution in [0, 0.1) is 0 Å². The number of carbonyl (C=O) groups excluding carboxylic acids is 1. The van der Waals surface area contributed by atoms with E-state index in [9.17, 15) is 4.79 Å². The molecular formula is C10H21NO2S2Zn. The van der Waals surface area contributed by atoms with E-state index in [0.29, 0.717) is 18.2 Å². The summed E-state index contributed by atoms with van der Waals surface area (Å²) in [6.07, 6.45) is 4.51. The summed E-state index contributed by atoms with van der Waals surface area (Å²) in [5.41, 5.74) is 0. The van der Waals surface area contributed by atoms with E-state index in [0.717, 1.165) is 31.4 Å². The van der Waals surface area contributed by atoms with Gasteiger partial charge in [-0.2, -0.15) is 25.3 Å². The van der Waals surface area contributed by atoms with E-state index in [1.54, 1.807) is 0 Å². The monoisotopic (exact) mass is 315 g/mol. The van der Waals surface area contributed by atoms with Crippen LogP contribution >= 0.6 is 25.3 Å². The minimum atomic E-state index is 0. The standard InChI is InChI=1S/C10H21NO2S2.Zn/c12-7-6-11-10(13)4-2-1-3-9(15)5-8-14;/h9,12,14-15H,1-8H2,(H,11,13);. The van der Waals surface area contributed by atoms with E-state index in [1.807, 2.05) is 0 Å². The summed E-state index contributed by atoms with van der Waals surface area (Å²) >= 11 is 8.55. The Morgan fingerprint density at radius 1 is 1.31 bits per heavy atom. The molecule has 1 amide bonds. The molecule has 0 aromatic rings. The van der Waals surface area contributed by atoms with Crippen molar-refractivity contribution in [3.8, 4) is 0 Å². The maximum atomic E-state index is 11.1. The number of carbonyl (C=O) groups is 1. The molecule has 0 bridgehead atoms. The first-order chi connectivity index (χ1) is 7.20. The predicted molar refractivity (Wildman–Crippen MR) is 69.8 cm³/mol. The van der Waals surface area contributed by atoms with Gasteiger partial charge in [-0.1, -0.05) is 6.42 Å². The van der Waals surface area contributed by atoms with Gasteiger partial charge < -0.3 is 10.4 Å². The van der Waals surface area contributed by atoms with Crippen LogP contribution in [-0.4, -0.2) is 35.2 Å². The molecule has 1 atom stereocenters. The van der Waals surface area contributed by atoms with Crippen LogP contribution in [-0.2, 0) is 24.3 Å². The van der Waals surface area contributed by atoms with Crippen LogP contribution in [0.25, 0.3) is 0 Å². The van der Waals surface area contributed by atoms with Crippen molar-refractivity contribution in [2.24, 2.45) is 0 Å². The Kier molecular flexibility index (Phi) is 16.5. The average Bonchev–Trinajstić information content (AvgIpc) is 2.22. The number of hydrogen-bond acceptors (Lipinski definition) is 4. The molecule has 2 N–H and O–H groups in total. The van der Waals surface area contributed by atoms with Crippen LogP contribution < -0.4 is 5.32 Å². The summed E-state index contributed by atoms with van der Waals surface area (Å²) in [4.78, 5) is 11.1. The Morgan fingerprint density at radius 3 is 2.56 bits per heavy atom. The van der Waals surface area contributed by atoms with Gasteiger partial charge in [0.25, 0.3) is 0 Å². The van der Waals surface area contributed by atoms with Crippen molar-refractivity contribution in [1.29, 1.82) is 0 Å². The van der Waals surface area contributed by atoms with Gasteiger partial charge in [0.1, 0.15) is 0 Å². The summed E-state index contributed by atoms with van der Waals surface area (Å²) in [5, 5.41) is 11.5. The van der Waals surface area contributed by atoms with Gasteiger partial charge in [-0.25, -0.2) is 0 Å². The van der Waals surface area contributed by atoms with E-state index in [2.05, 4.69) is 30.6 Å². The van der Waals surface area contributed by atoms with Crippen LogP contribution in [0.15, 0.2) is 0 Å². The molecular weight excluding hydrogens is 296 g/mol. The van der Waals surface area contributed by atoms with Gasteiger partial charge in [-0.3, -0.25) is 4.79 Å². The molecule has 92 valence electrons. The molecule has 0 radical (unpaired) electrons. The third kappa shape index (κ3) is 12.8. The SMILES string of the molecule is O=C(CCCCC(S)CCS)NCCO.[Zn]. The Morgan fingerprint density at radius 2 is 2.00 bits per heavy atom. The molecule has 0 spiro atoms. The van der Waals surface area contributed by atoms with Crippen LogP contribution in [0.5, 0.6) is 0 Å². The number of hydrogen-bond donors (Lipinski definition) is 4. The number of thiol groups is 2. The van der Waals surface area contributed by atoms with Crippen molar-refractivity contribution in [2.75, 3.05) is 18.9 Å². The molecule has 0 aromatic carbocycles. The molecule has 0 aliphatic carbocycles. The number of aliphatic hydroxyl groups excluding tert-OH is 1. The van der Waals surface area contributed by atoms with Crippen LogP contribution in [0.4, 0.5) is 0 Å². The quantitative estimate of drug-likeness (QED) is 0.294. The summed E-state index contributed by atoms with van der Waals surface area (Å²) in [6, 6.07) is 0. The fourth-order valence-corrected chi connectivity index (χ4v) is 2.07. The Bertz CT molecular complexity index is 173. The molecule has 1 unspecified atom stereocenters. The zero-order chi connectivity index (χ0) is 11.5. The first-order valence-electron chi connectivity index (χ1n) is 5.37. The normalized spacial score (nSPS) is 11.7. The Labute approximate surface area is 122 Å². The van der Waals surface area contributed by atoms with Gasteiger partial charge in [0, 0.05) is 37.7 Å². The van der Waals surface area contributed by atoms with Crippen molar-refractivity contribution in [1.82, 2.24) is 5.32 Å². The molecule has 6 heteroatoms. The zero-order valence-corrected chi connectivity index (χ0v) is 14.4.